The van der Waals surface area contributed by atoms with Gasteiger partial charge in [-0.25, -0.2) is 4.98 Å². The molecule has 9 heteroatoms. The van der Waals surface area contributed by atoms with Gasteiger partial charge in [-0.3, -0.25) is 9.59 Å². The third kappa shape index (κ3) is 5.17. The van der Waals surface area contributed by atoms with Gasteiger partial charge in [0.25, 0.3) is 5.56 Å². The second-order valence-electron chi connectivity index (χ2n) is 7.58. The molecule has 7 nitrogen and oxygen atoms in total. The number of para-hydroxylation sites is 1. The van der Waals surface area contributed by atoms with Crippen LogP contribution in [0.15, 0.2) is 52.4 Å². The van der Waals surface area contributed by atoms with E-state index in [1.165, 1.54) is 11.8 Å². The van der Waals surface area contributed by atoms with E-state index in [-0.39, 0.29) is 23.7 Å². The molecular formula is C24H24ClN3O4S. The van der Waals surface area contributed by atoms with Crippen molar-refractivity contribution < 1.29 is 14.3 Å². The molecule has 1 atom stereocenters. The quantitative estimate of drug-likeness (QED) is 0.345. The van der Waals surface area contributed by atoms with Crippen LogP contribution in [0, 0.1) is 0 Å². The summed E-state index contributed by atoms with van der Waals surface area (Å²) >= 11 is 7.42. The molecule has 0 saturated carbocycles. The average molecular weight is 486 g/mol. The van der Waals surface area contributed by atoms with E-state index < -0.39 is 5.92 Å². The predicted molar refractivity (Wildman–Crippen MR) is 130 cm³/mol. The maximum absolute atomic E-state index is 13.2. The normalized spacial score (nSPS) is 15.0. The predicted octanol–water partition coefficient (Wildman–Crippen LogP) is 4.99. The number of nitrogens with one attached hydrogen (secondary N) is 2. The molecule has 4 rings (SSSR count). The highest BCUT2D eigenvalue weighted by Gasteiger charge is 2.33. The lowest BCUT2D eigenvalue weighted by molar-refractivity contribution is -0.116. The first-order valence-corrected chi connectivity index (χ1v) is 12.0. The Kier molecular flexibility index (Phi) is 7.25. The Bertz CT molecular complexity index is 1230. The van der Waals surface area contributed by atoms with Gasteiger partial charge in [0.2, 0.25) is 5.91 Å². The van der Waals surface area contributed by atoms with Crippen LogP contribution < -0.4 is 20.3 Å². The zero-order chi connectivity index (χ0) is 23.4. The van der Waals surface area contributed by atoms with Gasteiger partial charge < -0.3 is 19.8 Å². The smallest absolute Gasteiger partial charge is 0.257 e. The van der Waals surface area contributed by atoms with E-state index in [1.54, 1.807) is 13.2 Å². The standard InChI is InChI=1S/C24H24ClN3O4S/c1-3-10-32-21-16(8-5-9-18(21)31-2)17-12-19(29)26-22-20(17)23(30)28-24(27-22)33-13-14-6-4-7-15(25)11-14/h4-9,11,17H,3,10,12-13H2,1-2H3,(H2,26,27,28,29,30)/t17-/m0/s1. The Balaban J connectivity index is 1.70. The van der Waals surface area contributed by atoms with Crippen LogP contribution in [0.25, 0.3) is 0 Å². The third-order valence-corrected chi connectivity index (χ3v) is 6.43. The first-order chi connectivity index (χ1) is 16.0. The Morgan fingerprint density at radius 2 is 2.03 bits per heavy atom. The molecule has 0 unspecified atom stereocenters. The van der Waals surface area contributed by atoms with Crippen LogP contribution in [0.4, 0.5) is 5.82 Å². The minimum absolute atomic E-state index is 0.114. The summed E-state index contributed by atoms with van der Waals surface area (Å²) in [5.74, 6) is 1.25. The SMILES string of the molecule is CCCOc1c(OC)cccc1[C@@H]1CC(=O)Nc2nc(SCc3cccc(Cl)c3)[nH]c(=O)c21. The van der Waals surface area contributed by atoms with E-state index in [4.69, 9.17) is 21.1 Å². The molecule has 33 heavy (non-hydrogen) atoms. The molecule has 1 amide bonds. The molecular weight excluding hydrogens is 462 g/mol. The number of aromatic amines is 1. The topological polar surface area (TPSA) is 93.3 Å². The zero-order valence-electron chi connectivity index (χ0n) is 18.3. The number of carbonyl (C=O) groups is 1. The van der Waals surface area contributed by atoms with Gasteiger partial charge >= 0.3 is 0 Å². The number of ether oxygens (including phenoxy) is 2. The zero-order valence-corrected chi connectivity index (χ0v) is 19.9. The van der Waals surface area contributed by atoms with E-state index in [1.807, 2.05) is 43.3 Å². The lowest BCUT2D eigenvalue weighted by Crippen LogP contribution is -2.31. The molecule has 2 heterocycles. The molecule has 3 aromatic rings. The van der Waals surface area contributed by atoms with Crippen LogP contribution in [0.1, 0.15) is 42.4 Å². The van der Waals surface area contributed by atoms with Crippen molar-refractivity contribution in [3.05, 3.63) is 74.5 Å². The summed E-state index contributed by atoms with van der Waals surface area (Å²) in [4.78, 5) is 33.1. The first-order valence-electron chi connectivity index (χ1n) is 10.6. The molecule has 2 aromatic carbocycles. The summed E-state index contributed by atoms with van der Waals surface area (Å²) < 4.78 is 11.4. The van der Waals surface area contributed by atoms with Gasteiger partial charge in [-0.05, 0) is 30.2 Å². The van der Waals surface area contributed by atoms with Gasteiger partial charge in [-0.15, -0.1) is 0 Å². The number of hydrogen-bond acceptors (Lipinski definition) is 6. The van der Waals surface area contributed by atoms with Crippen molar-refractivity contribution in [2.75, 3.05) is 19.0 Å². The Hall–Kier alpha value is -2.97. The highest BCUT2D eigenvalue weighted by atomic mass is 35.5. The van der Waals surface area contributed by atoms with E-state index in [0.717, 1.165) is 17.5 Å². The van der Waals surface area contributed by atoms with Crippen LogP contribution in [0.5, 0.6) is 11.5 Å². The number of benzene rings is 2. The van der Waals surface area contributed by atoms with Crippen LogP contribution in [0.2, 0.25) is 5.02 Å². The van der Waals surface area contributed by atoms with Crippen molar-refractivity contribution in [1.82, 2.24) is 9.97 Å². The Morgan fingerprint density at radius 1 is 1.21 bits per heavy atom. The van der Waals surface area contributed by atoms with E-state index in [0.29, 0.717) is 39.6 Å². The highest BCUT2D eigenvalue weighted by Crippen LogP contribution is 2.42. The second kappa shape index (κ2) is 10.3. The maximum Gasteiger partial charge on any atom is 0.257 e. The molecule has 1 aliphatic heterocycles. The Morgan fingerprint density at radius 3 is 2.79 bits per heavy atom. The van der Waals surface area contributed by atoms with Crippen molar-refractivity contribution in [1.29, 1.82) is 0 Å². The summed E-state index contributed by atoms with van der Waals surface area (Å²) in [6.45, 7) is 2.50. The minimum Gasteiger partial charge on any atom is -0.493 e. The van der Waals surface area contributed by atoms with Crippen LogP contribution in [-0.4, -0.2) is 29.6 Å². The summed E-state index contributed by atoms with van der Waals surface area (Å²) in [5, 5.41) is 3.83. The van der Waals surface area contributed by atoms with Crippen molar-refractivity contribution in [3.63, 3.8) is 0 Å². The number of carbonyl (C=O) groups excluding carboxylic acids is 1. The number of rotatable bonds is 8. The van der Waals surface area contributed by atoms with Crippen LogP contribution in [-0.2, 0) is 10.5 Å². The molecule has 0 bridgehead atoms. The van der Waals surface area contributed by atoms with Crippen molar-refractivity contribution in [2.45, 2.75) is 36.6 Å². The van der Waals surface area contributed by atoms with Gasteiger partial charge in [0.1, 0.15) is 5.82 Å². The molecule has 0 saturated heterocycles. The lowest BCUT2D eigenvalue weighted by atomic mass is 9.86. The van der Waals surface area contributed by atoms with Crippen molar-refractivity contribution >= 4 is 35.1 Å². The first kappa shape index (κ1) is 23.2. The van der Waals surface area contributed by atoms with Gasteiger partial charge in [0.15, 0.2) is 16.7 Å². The number of methoxy groups -OCH3 is 1. The average Bonchev–Trinajstić information content (AvgIpc) is 2.80. The second-order valence-corrected chi connectivity index (χ2v) is 8.98. The number of halogens is 1. The lowest BCUT2D eigenvalue weighted by Gasteiger charge is -2.26. The summed E-state index contributed by atoms with van der Waals surface area (Å²) in [6, 6.07) is 13.0. The monoisotopic (exact) mass is 485 g/mol. The maximum atomic E-state index is 13.2. The molecule has 0 fully saturated rings. The van der Waals surface area contributed by atoms with Gasteiger partial charge in [-0.1, -0.05) is 54.6 Å². The van der Waals surface area contributed by atoms with Gasteiger partial charge in [0.05, 0.1) is 19.3 Å². The summed E-state index contributed by atoms with van der Waals surface area (Å²) in [7, 11) is 1.57. The summed E-state index contributed by atoms with van der Waals surface area (Å²) in [6.07, 6.45) is 0.928. The van der Waals surface area contributed by atoms with E-state index >= 15 is 0 Å². The number of H-pyrrole nitrogens is 1. The minimum atomic E-state index is -0.501. The van der Waals surface area contributed by atoms with Gasteiger partial charge in [-0.2, -0.15) is 0 Å². The molecule has 172 valence electrons. The number of hydrogen-bond donors (Lipinski definition) is 2. The van der Waals surface area contributed by atoms with E-state index in [2.05, 4.69) is 15.3 Å². The van der Waals surface area contributed by atoms with Gasteiger partial charge in [0, 0.05) is 28.7 Å². The number of amides is 1. The van der Waals surface area contributed by atoms with E-state index in [9.17, 15) is 9.59 Å². The molecule has 1 aromatic heterocycles. The number of nitrogens with zero attached hydrogens (tertiary/aromatic N) is 1. The van der Waals surface area contributed by atoms with Crippen LogP contribution >= 0.6 is 23.4 Å². The fraction of sp³-hybridized carbons (Fsp3) is 0.292. The van der Waals surface area contributed by atoms with Crippen molar-refractivity contribution in [2.24, 2.45) is 0 Å². The molecule has 1 aliphatic rings. The summed E-state index contributed by atoms with van der Waals surface area (Å²) in [5.41, 5.74) is 1.86. The highest BCUT2D eigenvalue weighted by molar-refractivity contribution is 7.98. The number of anilines is 1. The van der Waals surface area contributed by atoms with Crippen molar-refractivity contribution in [3.8, 4) is 11.5 Å². The Labute approximate surface area is 200 Å². The largest absolute Gasteiger partial charge is 0.493 e. The van der Waals surface area contributed by atoms with Crippen LogP contribution in [0.3, 0.4) is 0 Å². The fourth-order valence-electron chi connectivity index (χ4n) is 3.79. The molecule has 2 N–H and O–H groups in total. The fourth-order valence-corrected chi connectivity index (χ4v) is 4.81. The third-order valence-electron chi connectivity index (χ3n) is 5.25. The molecule has 0 aliphatic carbocycles. The number of fused-ring (bicyclic) bond motifs is 1. The molecule has 0 spiro atoms. The number of thioether (sulfide) groups is 1. The number of aromatic nitrogens is 2. The molecule has 0 radical (unpaired) electrons.